The average Bonchev–Trinajstić information content (AvgIpc) is 2.98. The molecule has 18 heavy (non-hydrogen) atoms. The highest BCUT2D eigenvalue weighted by molar-refractivity contribution is 7.10. The van der Waals surface area contributed by atoms with Crippen LogP contribution in [0.15, 0.2) is 23.7 Å². The predicted octanol–water partition coefficient (Wildman–Crippen LogP) is 4.07. The monoisotopic (exact) mass is 263 g/mol. The van der Waals surface area contributed by atoms with Gasteiger partial charge in [-0.25, -0.2) is 4.98 Å². The summed E-state index contributed by atoms with van der Waals surface area (Å²) < 4.78 is 2.27. The molecule has 0 saturated carbocycles. The first kappa shape index (κ1) is 13.1. The molecule has 2 heterocycles. The summed E-state index contributed by atoms with van der Waals surface area (Å²) in [6.07, 6.45) is 4.34. The van der Waals surface area contributed by atoms with Gasteiger partial charge in [0, 0.05) is 17.6 Å². The lowest BCUT2D eigenvalue weighted by molar-refractivity contribution is 0.579. The fraction of sp³-hybridized carbons (Fsp3) is 0.500. The van der Waals surface area contributed by atoms with Crippen molar-refractivity contribution in [2.75, 3.05) is 11.9 Å². The molecule has 2 aromatic rings. The van der Waals surface area contributed by atoms with Gasteiger partial charge in [-0.1, -0.05) is 19.9 Å². The number of nitrogens with one attached hydrogen (secondary N) is 1. The van der Waals surface area contributed by atoms with E-state index in [1.54, 1.807) is 0 Å². The van der Waals surface area contributed by atoms with Gasteiger partial charge in [-0.2, -0.15) is 0 Å². The molecule has 0 aliphatic heterocycles. The molecule has 0 radical (unpaired) electrons. The van der Waals surface area contributed by atoms with E-state index in [9.17, 15) is 0 Å². The van der Waals surface area contributed by atoms with Crippen LogP contribution >= 0.6 is 11.3 Å². The summed E-state index contributed by atoms with van der Waals surface area (Å²) in [5.74, 6) is 0.995. The van der Waals surface area contributed by atoms with E-state index >= 15 is 0 Å². The fourth-order valence-electron chi connectivity index (χ4n) is 2.14. The quantitative estimate of drug-likeness (QED) is 0.851. The molecule has 98 valence electrons. The minimum atomic E-state index is 0.394. The van der Waals surface area contributed by atoms with Crippen LogP contribution in [0.5, 0.6) is 0 Å². The maximum atomic E-state index is 4.58. The molecule has 0 bridgehead atoms. The molecule has 0 fully saturated rings. The van der Waals surface area contributed by atoms with Gasteiger partial charge in [0.1, 0.15) is 0 Å². The smallest absolute Gasteiger partial charge is 0.203 e. The van der Waals surface area contributed by atoms with Crippen LogP contribution in [-0.2, 0) is 0 Å². The highest BCUT2D eigenvalue weighted by Crippen LogP contribution is 2.29. The Kier molecular flexibility index (Phi) is 4.42. The molecule has 1 atom stereocenters. The van der Waals surface area contributed by atoms with Gasteiger partial charge in [0.15, 0.2) is 0 Å². The maximum Gasteiger partial charge on any atom is 0.203 e. The SMILES string of the molecule is CCCNc1nc(C)cn1C(CC)c1cccs1. The molecule has 1 N–H and O–H groups in total. The lowest BCUT2D eigenvalue weighted by atomic mass is 10.2. The van der Waals surface area contributed by atoms with E-state index in [0.717, 1.165) is 31.0 Å². The number of aromatic nitrogens is 2. The summed E-state index contributed by atoms with van der Waals surface area (Å²) in [5.41, 5.74) is 1.07. The Balaban J connectivity index is 2.30. The van der Waals surface area contributed by atoms with Crippen LogP contribution < -0.4 is 5.32 Å². The molecule has 0 aliphatic rings. The summed E-state index contributed by atoms with van der Waals surface area (Å²) in [4.78, 5) is 5.98. The van der Waals surface area contributed by atoms with Crippen LogP contribution in [0.3, 0.4) is 0 Å². The second-order valence-electron chi connectivity index (χ2n) is 4.48. The van der Waals surface area contributed by atoms with Gasteiger partial charge >= 0.3 is 0 Å². The Morgan fingerprint density at radius 2 is 2.28 bits per heavy atom. The van der Waals surface area contributed by atoms with Crippen LogP contribution in [0.1, 0.15) is 43.3 Å². The van der Waals surface area contributed by atoms with Gasteiger partial charge in [-0.3, -0.25) is 0 Å². The largest absolute Gasteiger partial charge is 0.356 e. The standard InChI is InChI=1S/C14H21N3S/c1-4-8-15-14-16-11(3)10-17(14)12(5-2)13-7-6-9-18-13/h6-7,9-10,12H,4-5,8H2,1-3H3,(H,15,16). The van der Waals surface area contributed by atoms with Gasteiger partial charge in [0.2, 0.25) is 5.95 Å². The minimum Gasteiger partial charge on any atom is -0.356 e. The van der Waals surface area contributed by atoms with Gasteiger partial charge in [-0.15, -0.1) is 11.3 Å². The Labute approximate surface area is 113 Å². The van der Waals surface area contributed by atoms with E-state index in [1.165, 1.54) is 4.88 Å². The zero-order valence-corrected chi connectivity index (χ0v) is 12.1. The molecular weight excluding hydrogens is 242 g/mol. The second-order valence-corrected chi connectivity index (χ2v) is 5.46. The third-order valence-corrected chi connectivity index (χ3v) is 3.95. The Bertz CT molecular complexity index is 473. The van der Waals surface area contributed by atoms with E-state index in [1.807, 2.05) is 11.3 Å². The van der Waals surface area contributed by atoms with E-state index < -0.39 is 0 Å². The first-order valence-corrected chi connectivity index (χ1v) is 7.47. The summed E-state index contributed by atoms with van der Waals surface area (Å²) in [6.45, 7) is 7.42. The third-order valence-electron chi connectivity index (χ3n) is 2.98. The van der Waals surface area contributed by atoms with Crippen molar-refractivity contribution in [1.82, 2.24) is 9.55 Å². The number of anilines is 1. The van der Waals surface area contributed by atoms with Crippen LogP contribution in [0.25, 0.3) is 0 Å². The van der Waals surface area contributed by atoms with Crippen molar-refractivity contribution in [2.24, 2.45) is 0 Å². The van der Waals surface area contributed by atoms with Crippen molar-refractivity contribution < 1.29 is 0 Å². The van der Waals surface area contributed by atoms with Crippen molar-refractivity contribution in [3.05, 3.63) is 34.3 Å². The van der Waals surface area contributed by atoms with Crippen LogP contribution in [-0.4, -0.2) is 16.1 Å². The normalized spacial score (nSPS) is 12.6. The van der Waals surface area contributed by atoms with E-state index in [2.05, 4.69) is 59.3 Å². The zero-order valence-electron chi connectivity index (χ0n) is 11.3. The fourth-order valence-corrected chi connectivity index (χ4v) is 3.05. The lowest BCUT2D eigenvalue weighted by Crippen LogP contribution is -2.13. The molecule has 2 aromatic heterocycles. The molecule has 0 spiro atoms. The number of rotatable bonds is 6. The summed E-state index contributed by atoms with van der Waals surface area (Å²) in [6, 6.07) is 4.72. The average molecular weight is 263 g/mol. The number of imidazole rings is 1. The number of hydrogen-bond acceptors (Lipinski definition) is 3. The van der Waals surface area contributed by atoms with E-state index in [0.29, 0.717) is 6.04 Å². The molecule has 1 unspecified atom stereocenters. The van der Waals surface area contributed by atoms with E-state index in [4.69, 9.17) is 0 Å². The number of nitrogens with zero attached hydrogens (tertiary/aromatic N) is 2. The van der Waals surface area contributed by atoms with Gasteiger partial charge in [0.25, 0.3) is 0 Å². The summed E-state index contributed by atoms with van der Waals surface area (Å²) in [7, 11) is 0. The van der Waals surface area contributed by atoms with Crippen molar-refractivity contribution in [3.63, 3.8) is 0 Å². The van der Waals surface area contributed by atoms with Crippen LogP contribution in [0.2, 0.25) is 0 Å². The Morgan fingerprint density at radius 3 is 2.89 bits per heavy atom. The van der Waals surface area contributed by atoms with Crippen molar-refractivity contribution >= 4 is 17.3 Å². The Hall–Kier alpha value is -1.29. The lowest BCUT2D eigenvalue weighted by Gasteiger charge is -2.18. The first-order valence-electron chi connectivity index (χ1n) is 6.59. The molecular formula is C14H21N3S. The third kappa shape index (κ3) is 2.75. The molecule has 0 aliphatic carbocycles. The van der Waals surface area contributed by atoms with Crippen LogP contribution in [0.4, 0.5) is 5.95 Å². The number of thiophene rings is 1. The highest BCUT2D eigenvalue weighted by atomic mass is 32.1. The molecule has 0 saturated heterocycles. The second kappa shape index (κ2) is 6.05. The predicted molar refractivity (Wildman–Crippen MR) is 78.5 cm³/mol. The molecule has 0 amide bonds. The molecule has 4 heteroatoms. The van der Waals surface area contributed by atoms with Gasteiger partial charge in [0.05, 0.1) is 11.7 Å². The molecule has 2 rings (SSSR count). The number of aryl methyl sites for hydroxylation is 1. The minimum absolute atomic E-state index is 0.394. The topological polar surface area (TPSA) is 29.9 Å². The van der Waals surface area contributed by atoms with Crippen molar-refractivity contribution in [1.29, 1.82) is 0 Å². The van der Waals surface area contributed by atoms with Crippen molar-refractivity contribution in [3.8, 4) is 0 Å². The Morgan fingerprint density at radius 1 is 1.44 bits per heavy atom. The van der Waals surface area contributed by atoms with Gasteiger partial charge in [-0.05, 0) is 31.2 Å². The van der Waals surface area contributed by atoms with Crippen molar-refractivity contribution in [2.45, 2.75) is 39.7 Å². The zero-order chi connectivity index (χ0) is 13.0. The summed E-state index contributed by atoms with van der Waals surface area (Å²) >= 11 is 1.82. The highest BCUT2D eigenvalue weighted by Gasteiger charge is 2.16. The number of hydrogen-bond donors (Lipinski definition) is 1. The van der Waals surface area contributed by atoms with E-state index in [-0.39, 0.29) is 0 Å². The molecule has 3 nitrogen and oxygen atoms in total. The van der Waals surface area contributed by atoms with Crippen LogP contribution in [0, 0.1) is 6.92 Å². The van der Waals surface area contributed by atoms with Gasteiger partial charge < -0.3 is 9.88 Å². The maximum absolute atomic E-state index is 4.58. The molecule has 0 aromatic carbocycles. The summed E-state index contributed by atoms with van der Waals surface area (Å²) in [5, 5.41) is 5.56. The first-order chi connectivity index (χ1) is 8.76.